The number of carbonyl (C=O) groups is 1. The van der Waals surface area contributed by atoms with E-state index < -0.39 is 0 Å². The minimum absolute atomic E-state index is 0.300. The molecule has 24 heavy (non-hydrogen) atoms. The third-order valence-corrected chi connectivity index (χ3v) is 3.42. The van der Waals surface area contributed by atoms with Crippen LogP contribution < -0.4 is 10.8 Å². The third-order valence-electron chi connectivity index (χ3n) is 2.64. The molecule has 0 radical (unpaired) electrons. The second-order valence-corrected chi connectivity index (χ2v) is 5.45. The van der Waals surface area contributed by atoms with Gasteiger partial charge in [0.2, 0.25) is 0 Å². The van der Waals surface area contributed by atoms with Gasteiger partial charge in [0.1, 0.15) is 0 Å². The van der Waals surface area contributed by atoms with Crippen molar-refractivity contribution in [2.45, 2.75) is 4.90 Å². The van der Waals surface area contributed by atoms with Gasteiger partial charge in [-0.1, -0.05) is 17.2 Å². The van der Waals surface area contributed by atoms with Crippen LogP contribution in [0.15, 0.2) is 53.4 Å². The lowest BCUT2D eigenvalue weighted by molar-refractivity contribution is -0.432. The molecular formula is C14H14N2O6S2. The van der Waals surface area contributed by atoms with Crippen LogP contribution in [0.4, 0.5) is 11.4 Å². The van der Waals surface area contributed by atoms with Crippen molar-refractivity contribution in [3.05, 3.63) is 54.1 Å². The normalized spacial score (nSPS) is 10.4. The van der Waals surface area contributed by atoms with Crippen LogP contribution in [0.2, 0.25) is 0 Å². The van der Waals surface area contributed by atoms with E-state index in [0.29, 0.717) is 21.8 Å². The highest BCUT2D eigenvalue weighted by Gasteiger charge is 2.08. The van der Waals surface area contributed by atoms with Crippen LogP contribution in [0.5, 0.6) is 0 Å². The van der Waals surface area contributed by atoms with Crippen molar-refractivity contribution in [2.75, 3.05) is 17.1 Å². The zero-order valence-electron chi connectivity index (χ0n) is 12.4. The highest BCUT2D eigenvalue weighted by Crippen LogP contribution is 2.23. The number of hydrogen-bond donors (Lipinski definition) is 3. The lowest BCUT2D eigenvalue weighted by Crippen LogP contribution is -2.12. The van der Waals surface area contributed by atoms with E-state index in [2.05, 4.69) is 24.5 Å². The monoisotopic (exact) mass is 370 g/mol. The third kappa shape index (κ3) is 6.02. The van der Waals surface area contributed by atoms with Gasteiger partial charge in [0.15, 0.2) is 0 Å². The zero-order chi connectivity index (χ0) is 17.2. The quantitative estimate of drug-likeness (QED) is 0.262. The van der Waals surface area contributed by atoms with Gasteiger partial charge in [-0.25, -0.2) is 10.7 Å². The van der Waals surface area contributed by atoms with Gasteiger partial charge in [0, 0.05) is 34.4 Å². The summed E-state index contributed by atoms with van der Waals surface area (Å²) in [6, 6.07) is 13.6. The van der Waals surface area contributed by atoms with E-state index >= 15 is 0 Å². The van der Waals surface area contributed by atoms with Crippen LogP contribution in [0.3, 0.4) is 0 Å². The summed E-state index contributed by atoms with van der Waals surface area (Å²) in [6.07, 6.45) is 1.70. The van der Waals surface area contributed by atoms with E-state index in [9.17, 15) is 4.79 Å². The smallest absolute Gasteiger partial charge is 0.255 e. The molecule has 0 unspecified atom stereocenters. The average Bonchev–Trinajstić information content (AvgIpc) is 2.61. The summed E-state index contributed by atoms with van der Waals surface area (Å²) < 4.78 is 8.99. The van der Waals surface area contributed by atoms with Gasteiger partial charge in [-0.05, 0) is 36.4 Å². The molecule has 1 amide bonds. The molecule has 128 valence electrons. The number of carbonyl (C=O) groups excluding carboxylic acids is 1. The van der Waals surface area contributed by atoms with Crippen LogP contribution in [-0.2, 0) is 18.7 Å². The topological polar surface area (TPSA) is 98.3 Å². The Morgan fingerprint density at radius 1 is 1.08 bits per heavy atom. The second kappa shape index (κ2) is 10.2. The molecule has 0 aliphatic heterocycles. The highest BCUT2D eigenvalue weighted by atomic mass is 32.2. The molecule has 2 aromatic rings. The maximum absolute atomic E-state index is 12.3. The number of hydrogen-bond acceptors (Lipinski definition) is 9. The molecule has 10 heteroatoms. The Morgan fingerprint density at radius 3 is 2.67 bits per heavy atom. The van der Waals surface area contributed by atoms with Crippen molar-refractivity contribution in [3.8, 4) is 0 Å². The predicted octanol–water partition coefficient (Wildman–Crippen LogP) is 3.92. The summed E-state index contributed by atoms with van der Waals surface area (Å²) in [5, 5.41) is 14.4. The first-order valence-electron chi connectivity index (χ1n) is 6.51. The van der Waals surface area contributed by atoms with E-state index in [0.717, 1.165) is 24.1 Å². The molecule has 2 aromatic carbocycles. The van der Waals surface area contributed by atoms with E-state index in [1.165, 1.54) is 0 Å². The van der Waals surface area contributed by atoms with E-state index in [1.54, 1.807) is 54.8 Å². The molecule has 8 nitrogen and oxygen atoms in total. The number of benzene rings is 2. The average molecular weight is 370 g/mol. The standard InChI is InChI=1S/C14H14N2O6S2/c1-23-21-19-16-12-6-2-4-10(8-12)14(17)15-11-5-3-7-13(9-11)24-22-20-18/h2-9,16,18H,1H3,(H,15,17). The van der Waals surface area contributed by atoms with Crippen molar-refractivity contribution in [1.29, 1.82) is 0 Å². The number of nitrogens with one attached hydrogen (secondary N) is 2. The van der Waals surface area contributed by atoms with Crippen molar-refractivity contribution in [2.24, 2.45) is 0 Å². The highest BCUT2D eigenvalue weighted by molar-refractivity contribution is 7.94. The fourth-order valence-electron chi connectivity index (χ4n) is 1.71. The van der Waals surface area contributed by atoms with Crippen LogP contribution in [-0.4, -0.2) is 17.4 Å². The predicted molar refractivity (Wildman–Crippen MR) is 90.8 cm³/mol. The zero-order valence-corrected chi connectivity index (χ0v) is 14.1. The minimum atomic E-state index is -0.300. The molecule has 0 bridgehead atoms. The molecule has 0 spiro atoms. The largest absolute Gasteiger partial charge is 0.322 e. The van der Waals surface area contributed by atoms with E-state index in [-0.39, 0.29) is 5.91 Å². The first-order chi connectivity index (χ1) is 11.7. The molecular weight excluding hydrogens is 356 g/mol. The van der Waals surface area contributed by atoms with Gasteiger partial charge < -0.3 is 5.32 Å². The van der Waals surface area contributed by atoms with Gasteiger partial charge >= 0.3 is 0 Å². The summed E-state index contributed by atoms with van der Waals surface area (Å²) >= 11 is 1.84. The summed E-state index contributed by atoms with van der Waals surface area (Å²) in [6.45, 7) is 0. The summed E-state index contributed by atoms with van der Waals surface area (Å²) in [7, 11) is 0. The van der Waals surface area contributed by atoms with Crippen LogP contribution in [0.25, 0.3) is 0 Å². The maximum Gasteiger partial charge on any atom is 0.255 e. The van der Waals surface area contributed by atoms with Gasteiger partial charge in [-0.2, -0.15) is 0 Å². The van der Waals surface area contributed by atoms with Crippen molar-refractivity contribution in [1.82, 2.24) is 0 Å². The molecule has 0 saturated heterocycles. The van der Waals surface area contributed by atoms with Gasteiger partial charge in [0.05, 0.1) is 17.7 Å². The van der Waals surface area contributed by atoms with Gasteiger partial charge in [-0.15, -0.1) is 13.7 Å². The maximum atomic E-state index is 12.3. The van der Waals surface area contributed by atoms with Crippen molar-refractivity contribution >= 4 is 41.4 Å². The van der Waals surface area contributed by atoms with Crippen LogP contribution in [0, 0.1) is 0 Å². The molecule has 0 saturated carbocycles. The molecule has 3 N–H and O–H groups in total. The molecule has 0 aliphatic rings. The summed E-state index contributed by atoms with van der Waals surface area (Å²) in [5.41, 5.74) is 4.11. The Hall–Kier alpha value is -1.79. The number of anilines is 2. The Balaban J connectivity index is 2.00. The van der Waals surface area contributed by atoms with Gasteiger partial charge in [-0.3, -0.25) is 4.79 Å². The Morgan fingerprint density at radius 2 is 1.88 bits per heavy atom. The fraction of sp³-hybridized carbons (Fsp3) is 0.0714. The Kier molecular flexibility index (Phi) is 7.85. The molecule has 0 aliphatic carbocycles. The first-order valence-corrected chi connectivity index (χ1v) is 8.40. The molecule has 0 fully saturated rings. The first kappa shape index (κ1) is 18.5. The molecule has 0 atom stereocenters. The van der Waals surface area contributed by atoms with E-state index in [4.69, 9.17) is 10.2 Å². The number of rotatable bonds is 9. The van der Waals surface area contributed by atoms with Crippen molar-refractivity contribution < 1.29 is 28.7 Å². The second-order valence-electron chi connectivity index (χ2n) is 4.21. The lowest BCUT2D eigenvalue weighted by atomic mass is 10.2. The van der Waals surface area contributed by atoms with Crippen LogP contribution in [0.1, 0.15) is 10.4 Å². The van der Waals surface area contributed by atoms with Gasteiger partial charge in [0.25, 0.3) is 5.91 Å². The summed E-state index contributed by atoms with van der Waals surface area (Å²) in [5.74, 6) is -0.300. The fourth-order valence-corrected chi connectivity index (χ4v) is 2.23. The molecule has 2 rings (SSSR count). The lowest BCUT2D eigenvalue weighted by Gasteiger charge is -2.08. The SMILES string of the molecule is CSOONc1cccc(C(=O)Nc2cccc(SOOO)c2)c1. The molecule has 0 heterocycles. The summed E-state index contributed by atoms with van der Waals surface area (Å²) in [4.78, 5) is 17.7. The minimum Gasteiger partial charge on any atom is -0.322 e. The van der Waals surface area contributed by atoms with Crippen LogP contribution >= 0.6 is 24.1 Å². The van der Waals surface area contributed by atoms with E-state index in [1.807, 2.05) is 0 Å². The van der Waals surface area contributed by atoms with Crippen molar-refractivity contribution in [3.63, 3.8) is 0 Å². The number of amides is 1. The Bertz CT molecular complexity index is 673. The molecule has 0 aromatic heterocycles. The Labute approximate surface area is 146 Å².